The van der Waals surface area contributed by atoms with Gasteiger partial charge in [0.25, 0.3) is 0 Å². The van der Waals surface area contributed by atoms with Crippen molar-refractivity contribution in [3.63, 3.8) is 0 Å². The van der Waals surface area contributed by atoms with Gasteiger partial charge in [-0.2, -0.15) is 0 Å². The first-order valence-electron chi connectivity index (χ1n) is 7.11. The SMILES string of the molecule is CC1(C)CCCC(Nc2ccccc2Cl)(C(=O)O)CC1. The molecule has 110 valence electrons. The van der Waals surface area contributed by atoms with Gasteiger partial charge in [0.2, 0.25) is 0 Å². The number of halogens is 1. The van der Waals surface area contributed by atoms with Crippen molar-refractivity contribution in [3.05, 3.63) is 29.3 Å². The van der Waals surface area contributed by atoms with Crippen LogP contribution in [0.5, 0.6) is 0 Å². The molecule has 2 N–H and O–H groups in total. The van der Waals surface area contributed by atoms with Gasteiger partial charge in [0, 0.05) is 0 Å². The fraction of sp³-hybridized carbons (Fsp3) is 0.562. The minimum Gasteiger partial charge on any atom is -0.480 e. The van der Waals surface area contributed by atoms with E-state index in [2.05, 4.69) is 19.2 Å². The monoisotopic (exact) mass is 295 g/mol. The van der Waals surface area contributed by atoms with Gasteiger partial charge in [0.1, 0.15) is 5.54 Å². The van der Waals surface area contributed by atoms with E-state index in [1.165, 1.54) is 0 Å². The van der Waals surface area contributed by atoms with Gasteiger partial charge in [0.15, 0.2) is 0 Å². The number of carboxylic acids is 1. The number of hydrogen-bond acceptors (Lipinski definition) is 2. The average Bonchev–Trinajstić information content (AvgIpc) is 2.52. The van der Waals surface area contributed by atoms with Crippen LogP contribution in [0.2, 0.25) is 5.02 Å². The molecule has 1 aromatic rings. The van der Waals surface area contributed by atoms with E-state index in [1.54, 1.807) is 6.07 Å². The molecular formula is C16H22ClNO2. The minimum atomic E-state index is -0.904. The summed E-state index contributed by atoms with van der Waals surface area (Å²) < 4.78 is 0. The average molecular weight is 296 g/mol. The van der Waals surface area contributed by atoms with Crippen molar-refractivity contribution in [1.82, 2.24) is 0 Å². The predicted molar refractivity (Wildman–Crippen MR) is 82.3 cm³/mol. The summed E-state index contributed by atoms with van der Waals surface area (Å²) >= 11 is 6.15. The Labute approximate surface area is 125 Å². The van der Waals surface area contributed by atoms with E-state index < -0.39 is 11.5 Å². The zero-order valence-electron chi connectivity index (χ0n) is 12.1. The number of rotatable bonds is 3. The van der Waals surface area contributed by atoms with Crippen LogP contribution in [-0.2, 0) is 4.79 Å². The Hall–Kier alpha value is -1.22. The van der Waals surface area contributed by atoms with E-state index in [4.69, 9.17) is 11.6 Å². The predicted octanol–water partition coefficient (Wildman–Crippen LogP) is 4.57. The van der Waals surface area contributed by atoms with Gasteiger partial charge in [-0.05, 0) is 49.7 Å². The van der Waals surface area contributed by atoms with Crippen LogP contribution in [0.25, 0.3) is 0 Å². The number of nitrogens with one attached hydrogen (secondary N) is 1. The van der Waals surface area contributed by atoms with Gasteiger partial charge in [-0.1, -0.05) is 37.6 Å². The summed E-state index contributed by atoms with van der Waals surface area (Å²) in [5, 5.41) is 13.5. The molecule has 0 aliphatic heterocycles. The fourth-order valence-electron chi connectivity index (χ4n) is 2.88. The Kier molecular flexibility index (Phi) is 4.28. The molecule has 4 heteroatoms. The van der Waals surface area contributed by atoms with E-state index in [0.717, 1.165) is 19.3 Å². The first-order chi connectivity index (χ1) is 9.35. The third-order valence-corrected chi connectivity index (χ3v) is 4.67. The zero-order valence-corrected chi connectivity index (χ0v) is 12.8. The van der Waals surface area contributed by atoms with E-state index in [9.17, 15) is 9.90 Å². The van der Waals surface area contributed by atoms with Gasteiger partial charge in [-0.3, -0.25) is 0 Å². The van der Waals surface area contributed by atoms with Crippen molar-refractivity contribution in [2.45, 2.75) is 51.5 Å². The van der Waals surface area contributed by atoms with Crippen molar-refractivity contribution in [3.8, 4) is 0 Å². The first kappa shape index (κ1) is 15.2. The Morgan fingerprint density at radius 1 is 1.20 bits per heavy atom. The molecule has 0 aromatic heterocycles. The number of carbonyl (C=O) groups is 1. The van der Waals surface area contributed by atoms with E-state index in [1.807, 2.05) is 18.2 Å². The van der Waals surface area contributed by atoms with Crippen LogP contribution in [0.3, 0.4) is 0 Å². The molecule has 1 atom stereocenters. The second kappa shape index (κ2) is 5.65. The molecule has 0 amide bonds. The highest BCUT2D eigenvalue weighted by atomic mass is 35.5. The molecule has 20 heavy (non-hydrogen) atoms. The van der Waals surface area contributed by atoms with Crippen molar-refractivity contribution < 1.29 is 9.90 Å². The maximum atomic E-state index is 11.9. The number of para-hydroxylation sites is 1. The molecule has 2 rings (SSSR count). The van der Waals surface area contributed by atoms with Crippen LogP contribution < -0.4 is 5.32 Å². The topological polar surface area (TPSA) is 49.3 Å². The summed E-state index contributed by atoms with van der Waals surface area (Å²) in [5.41, 5.74) is 0.00858. The number of aliphatic carboxylic acids is 1. The molecule has 0 radical (unpaired) electrons. The Morgan fingerprint density at radius 3 is 2.55 bits per heavy atom. The lowest BCUT2D eigenvalue weighted by Crippen LogP contribution is -2.46. The molecule has 1 aromatic carbocycles. The molecule has 1 fully saturated rings. The van der Waals surface area contributed by atoms with Gasteiger partial charge >= 0.3 is 5.97 Å². The van der Waals surface area contributed by atoms with Crippen LogP contribution in [0.1, 0.15) is 46.0 Å². The molecule has 1 aliphatic carbocycles. The number of anilines is 1. The Balaban J connectivity index is 2.27. The number of carboxylic acid groups (broad SMARTS) is 1. The first-order valence-corrected chi connectivity index (χ1v) is 7.49. The van der Waals surface area contributed by atoms with Gasteiger partial charge < -0.3 is 10.4 Å². The van der Waals surface area contributed by atoms with E-state index in [-0.39, 0.29) is 5.41 Å². The van der Waals surface area contributed by atoms with Gasteiger partial charge in [-0.15, -0.1) is 0 Å². The molecule has 0 saturated heterocycles. The van der Waals surface area contributed by atoms with Crippen molar-refractivity contribution in [1.29, 1.82) is 0 Å². The van der Waals surface area contributed by atoms with Crippen molar-refractivity contribution in [2.75, 3.05) is 5.32 Å². The minimum absolute atomic E-state index is 0.208. The summed E-state index contributed by atoms with van der Waals surface area (Å²) in [6.07, 6.45) is 4.14. The van der Waals surface area contributed by atoms with Crippen LogP contribution in [0.15, 0.2) is 24.3 Å². The molecular weight excluding hydrogens is 274 g/mol. The second-order valence-corrected chi connectivity index (χ2v) is 6.92. The molecule has 0 bridgehead atoms. The molecule has 3 nitrogen and oxygen atoms in total. The van der Waals surface area contributed by atoms with Crippen LogP contribution in [0.4, 0.5) is 5.69 Å². The van der Waals surface area contributed by atoms with Crippen LogP contribution in [0, 0.1) is 5.41 Å². The smallest absolute Gasteiger partial charge is 0.329 e. The summed E-state index contributed by atoms with van der Waals surface area (Å²) in [6.45, 7) is 4.42. The fourth-order valence-corrected chi connectivity index (χ4v) is 3.07. The maximum absolute atomic E-state index is 11.9. The largest absolute Gasteiger partial charge is 0.480 e. The van der Waals surface area contributed by atoms with E-state index in [0.29, 0.717) is 23.6 Å². The molecule has 0 spiro atoms. The van der Waals surface area contributed by atoms with Crippen molar-refractivity contribution in [2.24, 2.45) is 5.41 Å². The summed E-state index contributed by atoms with van der Waals surface area (Å²) in [5.74, 6) is -0.782. The summed E-state index contributed by atoms with van der Waals surface area (Å²) in [4.78, 5) is 11.9. The molecule has 0 heterocycles. The van der Waals surface area contributed by atoms with Crippen LogP contribution in [-0.4, -0.2) is 16.6 Å². The van der Waals surface area contributed by atoms with Crippen molar-refractivity contribution >= 4 is 23.3 Å². The third-order valence-electron chi connectivity index (χ3n) is 4.34. The third kappa shape index (κ3) is 3.26. The van der Waals surface area contributed by atoms with Gasteiger partial charge in [-0.25, -0.2) is 4.79 Å². The highest BCUT2D eigenvalue weighted by Crippen LogP contribution is 2.40. The number of hydrogen-bond donors (Lipinski definition) is 2. The highest BCUT2D eigenvalue weighted by molar-refractivity contribution is 6.33. The maximum Gasteiger partial charge on any atom is 0.329 e. The summed E-state index contributed by atoms with van der Waals surface area (Å²) in [6, 6.07) is 7.32. The van der Waals surface area contributed by atoms with Crippen LogP contribution >= 0.6 is 11.6 Å². The lowest BCUT2D eigenvalue weighted by atomic mass is 9.83. The normalized spacial score (nSPS) is 25.8. The summed E-state index contributed by atoms with van der Waals surface area (Å²) in [7, 11) is 0. The molecule has 1 aliphatic rings. The van der Waals surface area contributed by atoms with E-state index >= 15 is 0 Å². The Morgan fingerprint density at radius 2 is 1.90 bits per heavy atom. The standard InChI is InChI=1S/C16H22ClNO2/c1-15(2)8-5-9-16(11-10-15,14(19)20)18-13-7-4-3-6-12(13)17/h3-4,6-7,18H,5,8-11H2,1-2H3,(H,19,20). The molecule has 1 saturated carbocycles. The quantitative estimate of drug-likeness (QED) is 0.803. The Bertz CT molecular complexity index is 501. The van der Waals surface area contributed by atoms with Gasteiger partial charge in [0.05, 0.1) is 10.7 Å². The number of benzene rings is 1. The zero-order chi connectivity index (χ0) is 14.8. The molecule has 1 unspecified atom stereocenters. The lowest BCUT2D eigenvalue weighted by molar-refractivity contribution is -0.142. The second-order valence-electron chi connectivity index (χ2n) is 6.51. The lowest BCUT2D eigenvalue weighted by Gasteiger charge is -2.31. The highest BCUT2D eigenvalue weighted by Gasteiger charge is 2.42.